The first-order valence-electron chi connectivity index (χ1n) is 4.82. The van der Waals surface area contributed by atoms with Crippen molar-refractivity contribution < 1.29 is 0 Å². The van der Waals surface area contributed by atoms with Crippen molar-refractivity contribution in [2.45, 2.75) is 17.9 Å². The number of likely N-dealkylation sites (N-methyl/N-ethyl adjacent to an activating group) is 1. The van der Waals surface area contributed by atoms with Crippen molar-refractivity contribution >= 4 is 5.69 Å². The maximum Gasteiger partial charge on any atom is 0.0406 e. The van der Waals surface area contributed by atoms with Crippen LogP contribution in [-0.4, -0.2) is 19.6 Å². The molecule has 2 atom stereocenters. The first kappa shape index (κ1) is 7.39. The van der Waals surface area contributed by atoms with Gasteiger partial charge in [-0.1, -0.05) is 18.2 Å². The lowest BCUT2D eigenvalue weighted by atomic mass is 9.96. The van der Waals surface area contributed by atoms with Crippen LogP contribution in [0.25, 0.3) is 0 Å². The fourth-order valence-electron chi connectivity index (χ4n) is 2.78. The molecule has 1 fully saturated rings. The topological polar surface area (TPSA) is 29.3 Å². The average molecular weight is 174 g/mol. The molecule has 2 heteroatoms. The molecule has 2 N–H and O–H groups in total. The van der Waals surface area contributed by atoms with Gasteiger partial charge < -0.3 is 10.6 Å². The lowest BCUT2D eigenvalue weighted by Gasteiger charge is -2.15. The van der Waals surface area contributed by atoms with Crippen molar-refractivity contribution in [3.63, 3.8) is 0 Å². The number of anilines is 1. The van der Waals surface area contributed by atoms with Crippen LogP contribution in [0.4, 0.5) is 5.69 Å². The van der Waals surface area contributed by atoms with E-state index in [1.807, 2.05) is 0 Å². The molecule has 68 valence electrons. The van der Waals surface area contributed by atoms with Crippen molar-refractivity contribution in [3.8, 4) is 0 Å². The second-order valence-electron chi connectivity index (χ2n) is 4.21. The Bertz CT molecular complexity index is 361. The second-order valence-corrected chi connectivity index (χ2v) is 4.21. The maximum atomic E-state index is 5.86. The first-order valence-corrected chi connectivity index (χ1v) is 4.82. The van der Waals surface area contributed by atoms with Gasteiger partial charge in [0.25, 0.3) is 0 Å². The van der Waals surface area contributed by atoms with Crippen LogP contribution in [-0.2, 0) is 5.41 Å². The zero-order valence-electron chi connectivity index (χ0n) is 7.83. The molecule has 0 saturated heterocycles. The van der Waals surface area contributed by atoms with Crippen LogP contribution in [0, 0.1) is 0 Å². The van der Waals surface area contributed by atoms with Gasteiger partial charge in [-0.25, -0.2) is 0 Å². The highest BCUT2D eigenvalue weighted by molar-refractivity contribution is 5.69. The molecule has 3 rings (SSSR count). The molecule has 0 radical (unpaired) electrons. The van der Waals surface area contributed by atoms with Crippen molar-refractivity contribution in [2.75, 3.05) is 18.5 Å². The quantitative estimate of drug-likeness (QED) is 0.691. The molecule has 1 aliphatic heterocycles. The molecule has 0 amide bonds. The van der Waals surface area contributed by atoms with Gasteiger partial charge in [0, 0.05) is 30.7 Å². The van der Waals surface area contributed by atoms with E-state index >= 15 is 0 Å². The summed E-state index contributed by atoms with van der Waals surface area (Å²) >= 11 is 0. The van der Waals surface area contributed by atoms with Crippen LogP contribution in [0.2, 0.25) is 0 Å². The standard InChI is InChI=1S/C11H14N2/c1-13-9-5-3-2-4-8(9)11(7-12)6-10(11)13/h2-5,10H,6-7,12H2,1H3. The van der Waals surface area contributed by atoms with E-state index in [1.165, 1.54) is 17.7 Å². The first-order chi connectivity index (χ1) is 6.29. The summed E-state index contributed by atoms with van der Waals surface area (Å²) in [6.45, 7) is 0.791. The van der Waals surface area contributed by atoms with E-state index in [1.54, 1.807) is 0 Å². The smallest absolute Gasteiger partial charge is 0.0406 e. The van der Waals surface area contributed by atoms with Crippen LogP contribution in [0.1, 0.15) is 12.0 Å². The lowest BCUT2D eigenvalue weighted by molar-refractivity contribution is 0.696. The van der Waals surface area contributed by atoms with E-state index in [2.05, 4.69) is 36.2 Å². The normalized spacial score (nSPS) is 34.3. The molecule has 1 aliphatic carbocycles. The number of fused-ring (bicyclic) bond motifs is 3. The van der Waals surface area contributed by atoms with Crippen LogP contribution in [0.5, 0.6) is 0 Å². The predicted molar refractivity (Wildman–Crippen MR) is 54.0 cm³/mol. The van der Waals surface area contributed by atoms with E-state index in [4.69, 9.17) is 5.73 Å². The molecule has 2 nitrogen and oxygen atoms in total. The molecule has 0 spiro atoms. The van der Waals surface area contributed by atoms with Crippen LogP contribution < -0.4 is 10.6 Å². The maximum absolute atomic E-state index is 5.86. The summed E-state index contributed by atoms with van der Waals surface area (Å²) in [4.78, 5) is 2.38. The van der Waals surface area contributed by atoms with Gasteiger partial charge >= 0.3 is 0 Å². The minimum Gasteiger partial charge on any atom is -0.370 e. The molecule has 1 saturated carbocycles. The molecule has 1 aromatic rings. The number of hydrogen-bond donors (Lipinski definition) is 1. The van der Waals surface area contributed by atoms with Gasteiger partial charge in [-0.2, -0.15) is 0 Å². The van der Waals surface area contributed by atoms with Crippen molar-refractivity contribution in [3.05, 3.63) is 29.8 Å². The zero-order valence-corrected chi connectivity index (χ0v) is 7.83. The van der Waals surface area contributed by atoms with Gasteiger partial charge in [0.15, 0.2) is 0 Å². The van der Waals surface area contributed by atoms with Crippen LogP contribution >= 0.6 is 0 Å². The average Bonchev–Trinajstić information content (AvgIpc) is 2.88. The number of para-hydroxylation sites is 1. The molecule has 2 aliphatic rings. The number of nitrogens with two attached hydrogens (primary N) is 1. The van der Waals surface area contributed by atoms with Crippen LogP contribution in [0.15, 0.2) is 24.3 Å². The van der Waals surface area contributed by atoms with Crippen molar-refractivity contribution in [1.29, 1.82) is 0 Å². The lowest BCUT2D eigenvalue weighted by Crippen LogP contribution is -2.24. The largest absolute Gasteiger partial charge is 0.370 e. The Morgan fingerprint density at radius 1 is 1.54 bits per heavy atom. The van der Waals surface area contributed by atoms with Gasteiger partial charge in [-0.05, 0) is 18.1 Å². The van der Waals surface area contributed by atoms with Gasteiger partial charge in [0.2, 0.25) is 0 Å². The summed E-state index contributed by atoms with van der Waals surface area (Å²) in [6.07, 6.45) is 1.25. The summed E-state index contributed by atoms with van der Waals surface area (Å²) in [6, 6.07) is 9.31. The van der Waals surface area contributed by atoms with Crippen LogP contribution in [0.3, 0.4) is 0 Å². The highest BCUT2D eigenvalue weighted by Gasteiger charge is 2.62. The summed E-state index contributed by atoms with van der Waals surface area (Å²) < 4.78 is 0. The number of rotatable bonds is 1. The van der Waals surface area contributed by atoms with Gasteiger partial charge in [0.05, 0.1) is 0 Å². The molecule has 0 aromatic heterocycles. The van der Waals surface area contributed by atoms with E-state index in [0.29, 0.717) is 11.5 Å². The Balaban J connectivity index is 2.19. The zero-order chi connectivity index (χ0) is 9.05. The molecule has 13 heavy (non-hydrogen) atoms. The number of benzene rings is 1. The summed E-state index contributed by atoms with van der Waals surface area (Å²) in [5, 5.41) is 0. The Labute approximate surface area is 78.3 Å². The second kappa shape index (κ2) is 2.07. The predicted octanol–water partition coefficient (Wildman–Crippen LogP) is 1.11. The Morgan fingerprint density at radius 2 is 2.31 bits per heavy atom. The van der Waals surface area contributed by atoms with E-state index in [9.17, 15) is 0 Å². The Kier molecular flexibility index (Phi) is 1.18. The van der Waals surface area contributed by atoms with Crippen molar-refractivity contribution in [2.24, 2.45) is 5.73 Å². The molecule has 2 unspecified atom stereocenters. The van der Waals surface area contributed by atoms with Gasteiger partial charge in [-0.3, -0.25) is 0 Å². The minimum absolute atomic E-state index is 0.311. The van der Waals surface area contributed by atoms with Crippen molar-refractivity contribution in [1.82, 2.24) is 0 Å². The van der Waals surface area contributed by atoms with E-state index < -0.39 is 0 Å². The Hall–Kier alpha value is -1.02. The SMILES string of the molecule is CN1c2ccccc2C2(CN)CC12. The third kappa shape index (κ3) is 0.684. The third-order valence-electron chi connectivity index (χ3n) is 3.69. The summed E-state index contributed by atoms with van der Waals surface area (Å²) in [7, 11) is 2.17. The monoisotopic (exact) mass is 174 g/mol. The molecular formula is C11H14N2. The molecule has 1 aromatic carbocycles. The van der Waals surface area contributed by atoms with Gasteiger partial charge in [-0.15, -0.1) is 0 Å². The van der Waals surface area contributed by atoms with E-state index in [-0.39, 0.29) is 0 Å². The number of hydrogen-bond acceptors (Lipinski definition) is 2. The molecule has 1 heterocycles. The summed E-state index contributed by atoms with van der Waals surface area (Å²) in [5.74, 6) is 0. The highest BCUT2D eigenvalue weighted by atomic mass is 15.2. The Morgan fingerprint density at radius 3 is 3.08 bits per heavy atom. The fraction of sp³-hybridized carbons (Fsp3) is 0.455. The highest BCUT2D eigenvalue weighted by Crippen LogP contribution is 2.59. The number of nitrogens with zero attached hydrogens (tertiary/aromatic N) is 1. The minimum atomic E-state index is 0.311. The molecular weight excluding hydrogens is 160 g/mol. The fourth-order valence-corrected chi connectivity index (χ4v) is 2.78. The summed E-state index contributed by atoms with van der Waals surface area (Å²) in [5.41, 5.74) is 9.01. The third-order valence-corrected chi connectivity index (χ3v) is 3.69. The molecule has 0 bridgehead atoms. The van der Waals surface area contributed by atoms with Gasteiger partial charge in [0.1, 0.15) is 0 Å². The van der Waals surface area contributed by atoms with E-state index in [0.717, 1.165) is 6.54 Å².